The quantitative estimate of drug-likeness (QED) is 0.768. The van der Waals surface area contributed by atoms with Crippen molar-refractivity contribution in [3.63, 3.8) is 0 Å². The molecule has 1 aromatic carbocycles. The van der Waals surface area contributed by atoms with Gasteiger partial charge in [-0.3, -0.25) is 4.98 Å². The number of benzene rings is 1. The summed E-state index contributed by atoms with van der Waals surface area (Å²) in [5, 5.41) is 0. The van der Waals surface area contributed by atoms with E-state index >= 15 is 0 Å². The van der Waals surface area contributed by atoms with Gasteiger partial charge in [-0.2, -0.15) is 0 Å². The van der Waals surface area contributed by atoms with Crippen molar-refractivity contribution in [2.24, 2.45) is 0 Å². The van der Waals surface area contributed by atoms with Crippen molar-refractivity contribution >= 4 is 11.6 Å². The first-order valence-electron chi connectivity index (χ1n) is 6.39. The molecule has 0 aliphatic rings. The third-order valence-corrected chi connectivity index (χ3v) is 3.31. The molecule has 0 amide bonds. The lowest BCUT2D eigenvalue weighted by Crippen LogP contribution is -2.05. The van der Waals surface area contributed by atoms with Gasteiger partial charge in [-0.25, -0.2) is 0 Å². The van der Waals surface area contributed by atoms with E-state index in [0.717, 1.165) is 34.6 Å². The lowest BCUT2D eigenvalue weighted by Gasteiger charge is -2.13. The summed E-state index contributed by atoms with van der Waals surface area (Å²) in [6.45, 7) is 4.75. The predicted molar refractivity (Wildman–Crippen MR) is 78.9 cm³/mol. The van der Waals surface area contributed by atoms with Crippen LogP contribution in [0.25, 0.3) is 0 Å². The van der Waals surface area contributed by atoms with Gasteiger partial charge in [0.05, 0.1) is 6.61 Å². The van der Waals surface area contributed by atoms with E-state index in [1.54, 1.807) is 6.20 Å². The third-order valence-electron chi connectivity index (χ3n) is 3.01. The van der Waals surface area contributed by atoms with E-state index in [9.17, 15) is 0 Å². The van der Waals surface area contributed by atoms with E-state index in [1.807, 2.05) is 18.2 Å². The number of pyridine rings is 1. The molecule has 3 heteroatoms. The van der Waals surface area contributed by atoms with Gasteiger partial charge in [-0.05, 0) is 42.7 Å². The van der Waals surface area contributed by atoms with Crippen molar-refractivity contribution in [1.29, 1.82) is 0 Å². The highest BCUT2D eigenvalue weighted by Crippen LogP contribution is 2.25. The summed E-state index contributed by atoms with van der Waals surface area (Å²) < 4.78 is 5.89. The number of rotatable bonds is 5. The SMILES string of the molecule is Cc1cc(CCl)cc(C)c1OCCc1ccccn1. The molecule has 0 N–H and O–H groups in total. The summed E-state index contributed by atoms with van der Waals surface area (Å²) in [6.07, 6.45) is 2.62. The number of nitrogens with zero attached hydrogens (tertiary/aromatic N) is 1. The number of hydrogen-bond donors (Lipinski definition) is 0. The molecule has 0 aliphatic carbocycles. The van der Waals surface area contributed by atoms with Crippen molar-refractivity contribution in [3.8, 4) is 5.75 Å². The number of aryl methyl sites for hydroxylation is 2. The van der Waals surface area contributed by atoms with Crippen LogP contribution in [0.5, 0.6) is 5.75 Å². The minimum Gasteiger partial charge on any atom is -0.493 e. The Morgan fingerprint density at radius 1 is 1.16 bits per heavy atom. The predicted octanol–water partition coefficient (Wildman–Crippen LogP) is 4.06. The zero-order valence-corrected chi connectivity index (χ0v) is 12.1. The van der Waals surface area contributed by atoms with Crippen molar-refractivity contribution in [2.75, 3.05) is 6.61 Å². The van der Waals surface area contributed by atoms with Gasteiger partial charge in [0.15, 0.2) is 0 Å². The van der Waals surface area contributed by atoms with E-state index in [2.05, 4.69) is 31.0 Å². The van der Waals surface area contributed by atoms with Crippen LogP contribution in [0.3, 0.4) is 0 Å². The smallest absolute Gasteiger partial charge is 0.125 e. The molecule has 0 bridgehead atoms. The Balaban J connectivity index is 2.00. The van der Waals surface area contributed by atoms with Gasteiger partial charge >= 0.3 is 0 Å². The first-order chi connectivity index (χ1) is 9.20. The number of halogens is 1. The molecule has 100 valence electrons. The van der Waals surface area contributed by atoms with Crippen LogP contribution in [-0.2, 0) is 12.3 Å². The molecule has 2 nitrogen and oxygen atoms in total. The second-order valence-electron chi connectivity index (χ2n) is 4.61. The normalized spacial score (nSPS) is 10.5. The molecule has 0 saturated heterocycles. The summed E-state index contributed by atoms with van der Waals surface area (Å²) in [7, 11) is 0. The average Bonchev–Trinajstić information content (AvgIpc) is 2.42. The maximum Gasteiger partial charge on any atom is 0.125 e. The summed E-state index contributed by atoms with van der Waals surface area (Å²) in [5.74, 6) is 1.50. The van der Waals surface area contributed by atoms with E-state index in [0.29, 0.717) is 12.5 Å². The molecule has 0 saturated carbocycles. The van der Waals surface area contributed by atoms with Crippen LogP contribution < -0.4 is 4.74 Å². The van der Waals surface area contributed by atoms with E-state index < -0.39 is 0 Å². The second kappa shape index (κ2) is 6.58. The topological polar surface area (TPSA) is 22.1 Å². The highest BCUT2D eigenvalue weighted by molar-refractivity contribution is 6.17. The summed E-state index contributed by atoms with van der Waals surface area (Å²) in [6, 6.07) is 10.1. The molecular formula is C16H18ClNO. The molecule has 2 rings (SSSR count). The molecule has 1 aromatic heterocycles. The van der Waals surface area contributed by atoms with Crippen molar-refractivity contribution in [2.45, 2.75) is 26.1 Å². The van der Waals surface area contributed by atoms with Crippen molar-refractivity contribution < 1.29 is 4.74 Å². The summed E-state index contributed by atoms with van der Waals surface area (Å²) in [5.41, 5.74) is 4.46. The average molecular weight is 276 g/mol. The van der Waals surface area contributed by atoms with Crippen molar-refractivity contribution in [3.05, 3.63) is 58.9 Å². The van der Waals surface area contributed by atoms with Gasteiger partial charge in [0.25, 0.3) is 0 Å². The van der Waals surface area contributed by atoms with Gasteiger partial charge < -0.3 is 4.74 Å². The molecule has 19 heavy (non-hydrogen) atoms. The van der Waals surface area contributed by atoms with E-state index in [4.69, 9.17) is 16.3 Å². The zero-order chi connectivity index (χ0) is 13.7. The fraction of sp³-hybridized carbons (Fsp3) is 0.312. The third kappa shape index (κ3) is 3.71. The standard InChI is InChI=1S/C16H18ClNO/c1-12-9-14(11-17)10-13(2)16(12)19-8-6-15-5-3-4-7-18-15/h3-5,7,9-10H,6,8,11H2,1-2H3. The molecule has 0 unspecified atom stereocenters. The van der Waals surface area contributed by atoms with Crippen LogP contribution in [-0.4, -0.2) is 11.6 Å². The first kappa shape index (κ1) is 13.9. The molecule has 2 aromatic rings. The van der Waals surface area contributed by atoms with Gasteiger partial charge in [-0.15, -0.1) is 11.6 Å². The molecule has 1 heterocycles. The molecular weight excluding hydrogens is 258 g/mol. The second-order valence-corrected chi connectivity index (χ2v) is 4.88. The first-order valence-corrected chi connectivity index (χ1v) is 6.93. The lowest BCUT2D eigenvalue weighted by molar-refractivity contribution is 0.316. The Morgan fingerprint density at radius 2 is 1.89 bits per heavy atom. The minimum absolute atomic E-state index is 0.538. The Kier molecular flexibility index (Phi) is 4.80. The Bertz CT molecular complexity index is 517. The molecule has 0 fully saturated rings. The molecule has 0 radical (unpaired) electrons. The highest BCUT2D eigenvalue weighted by Gasteiger charge is 2.06. The number of alkyl halides is 1. The highest BCUT2D eigenvalue weighted by atomic mass is 35.5. The van der Waals surface area contributed by atoms with Gasteiger partial charge in [0.1, 0.15) is 5.75 Å². The molecule has 0 spiro atoms. The van der Waals surface area contributed by atoms with Crippen LogP contribution >= 0.6 is 11.6 Å². The molecule has 0 atom stereocenters. The van der Waals surface area contributed by atoms with Crippen LogP contribution in [0.15, 0.2) is 36.5 Å². The monoisotopic (exact) mass is 275 g/mol. The van der Waals surface area contributed by atoms with Crippen LogP contribution in [0.2, 0.25) is 0 Å². The van der Waals surface area contributed by atoms with Crippen LogP contribution in [0.1, 0.15) is 22.4 Å². The van der Waals surface area contributed by atoms with Gasteiger partial charge in [-0.1, -0.05) is 18.2 Å². The Morgan fingerprint density at radius 3 is 2.47 bits per heavy atom. The Labute approximate surface area is 119 Å². The molecule has 0 aliphatic heterocycles. The lowest BCUT2D eigenvalue weighted by atomic mass is 10.1. The Hall–Kier alpha value is -1.54. The van der Waals surface area contributed by atoms with E-state index in [-0.39, 0.29) is 0 Å². The van der Waals surface area contributed by atoms with Crippen molar-refractivity contribution in [1.82, 2.24) is 4.98 Å². The fourth-order valence-electron chi connectivity index (χ4n) is 2.15. The summed E-state index contributed by atoms with van der Waals surface area (Å²) >= 11 is 5.86. The largest absolute Gasteiger partial charge is 0.493 e. The maximum atomic E-state index is 5.89. The zero-order valence-electron chi connectivity index (χ0n) is 11.3. The van der Waals surface area contributed by atoms with Crippen LogP contribution in [0.4, 0.5) is 0 Å². The number of aromatic nitrogens is 1. The fourth-order valence-corrected chi connectivity index (χ4v) is 2.30. The summed E-state index contributed by atoms with van der Waals surface area (Å²) in [4.78, 5) is 4.28. The number of hydrogen-bond acceptors (Lipinski definition) is 2. The number of ether oxygens (including phenoxy) is 1. The van der Waals surface area contributed by atoms with Crippen LogP contribution in [0, 0.1) is 13.8 Å². The minimum atomic E-state index is 0.538. The van der Waals surface area contributed by atoms with Gasteiger partial charge in [0, 0.05) is 24.2 Å². The van der Waals surface area contributed by atoms with Gasteiger partial charge in [0.2, 0.25) is 0 Å². The van der Waals surface area contributed by atoms with E-state index in [1.165, 1.54) is 0 Å². The maximum absolute atomic E-state index is 5.89.